The van der Waals surface area contributed by atoms with Crippen LogP contribution in [-0.4, -0.2) is 31.6 Å². The minimum absolute atomic E-state index is 0.136. The van der Waals surface area contributed by atoms with Crippen molar-refractivity contribution in [1.29, 1.82) is 5.26 Å². The Bertz CT molecular complexity index is 617. The van der Waals surface area contributed by atoms with E-state index in [4.69, 9.17) is 5.26 Å². The molecule has 20 heavy (non-hydrogen) atoms. The van der Waals surface area contributed by atoms with Crippen molar-refractivity contribution in [2.75, 3.05) is 6.54 Å². The maximum Gasteiger partial charge on any atom is 0.218 e. The summed E-state index contributed by atoms with van der Waals surface area (Å²) in [5.41, 5.74) is 1.12. The Labute approximate surface area is 118 Å². The highest BCUT2D eigenvalue weighted by Gasteiger charge is 2.31. The Hall–Kier alpha value is -1.71. The second kappa shape index (κ2) is 6.16. The van der Waals surface area contributed by atoms with Crippen molar-refractivity contribution >= 4 is 16.3 Å². The number of carbonyl (C=O) groups is 1. The number of piperidine rings is 1. The predicted octanol–water partition coefficient (Wildman–Crippen LogP) is 1.44. The van der Waals surface area contributed by atoms with Gasteiger partial charge < -0.3 is 4.79 Å². The van der Waals surface area contributed by atoms with E-state index in [-0.39, 0.29) is 5.75 Å². The van der Waals surface area contributed by atoms with E-state index in [0.717, 1.165) is 19.1 Å². The zero-order valence-electron chi connectivity index (χ0n) is 11.0. The third-order valence-corrected chi connectivity index (χ3v) is 5.31. The zero-order chi connectivity index (χ0) is 14.6. The van der Waals surface area contributed by atoms with Gasteiger partial charge >= 0.3 is 0 Å². The molecule has 0 bridgehead atoms. The summed E-state index contributed by atoms with van der Waals surface area (Å²) in [6, 6.07) is 7.92. The lowest BCUT2D eigenvalue weighted by molar-refractivity contribution is -0.111. The Morgan fingerprint density at radius 3 is 2.60 bits per heavy atom. The van der Waals surface area contributed by atoms with Gasteiger partial charge in [-0.1, -0.05) is 18.6 Å². The van der Waals surface area contributed by atoms with Crippen LogP contribution in [0, 0.1) is 11.3 Å². The van der Waals surface area contributed by atoms with E-state index >= 15 is 0 Å². The molecule has 1 aliphatic rings. The third kappa shape index (κ3) is 3.24. The number of sulfonamides is 1. The van der Waals surface area contributed by atoms with E-state index in [1.165, 1.54) is 4.31 Å². The minimum Gasteiger partial charge on any atom is -0.302 e. The first-order valence-electron chi connectivity index (χ1n) is 6.50. The first kappa shape index (κ1) is 14.7. The van der Waals surface area contributed by atoms with Gasteiger partial charge in [0, 0.05) is 6.54 Å². The highest BCUT2D eigenvalue weighted by Crippen LogP contribution is 2.21. The molecule has 5 nitrogen and oxygen atoms in total. The molecule has 1 unspecified atom stereocenters. The van der Waals surface area contributed by atoms with Crippen LogP contribution in [0.5, 0.6) is 0 Å². The van der Waals surface area contributed by atoms with Crippen LogP contribution in [0.1, 0.15) is 30.4 Å². The lowest BCUT2D eigenvalue weighted by atomic mass is 10.1. The molecule has 6 heteroatoms. The van der Waals surface area contributed by atoms with Gasteiger partial charge in [-0.15, -0.1) is 0 Å². The van der Waals surface area contributed by atoms with Gasteiger partial charge in [-0.25, -0.2) is 8.42 Å². The predicted molar refractivity (Wildman–Crippen MR) is 74.2 cm³/mol. The molecule has 1 aromatic carbocycles. The van der Waals surface area contributed by atoms with Crippen molar-refractivity contribution in [3.8, 4) is 6.07 Å². The fraction of sp³-hybridized carbons (Fsp3) is 0.429. The fourth-order valence-electron chi connectivity index (χ4n) is 2.38. The van der Waals surface area contributed by atoms with Crippen LogP contribution < -0.4 is 0 Å². The van der Waals surface area contributed by atoms with Crippen LogP contribution in [0.25, 0.3) is 0 Å². The van der Waals surface area contributed by atoms with Gasteiger partial charge in [0.25, 0.3) is 0 Å². The Balaban J connectivity index is 2.17. The molecule has 0 amide bonds. The molecule has 0 aromatic heterocycles. The summed E-state index contributed by atoms with van der Waals surface area (Å²) in [5.74, 6) is -0.136. The maximum absolute atomic E-state index is 12.4. The molecule has 1 aliphatic heterocycles. The number of aldehydes is 1. The molecule has 0 saturated carbocycles. The second-order valence-electron chi connectivity index (χ2n) is 4.87. The standard InChI is InChI=1S/C14H16N2O3S/c15-9-12-4-6-13(7-5-12)11-20(18,19)16-8-2-1-3-14(16)10-17/h4-7,10,14H,1-3,8,11H2. The average molecular weight is 292 g/mol. The summed E-state index contributed by atoms with van der Waals surface area (Å²) < 4.78 is 26.1. The van der Waals surface area contributed by atoms with Crippen LogP contribution in [0.4, 0.5) is 0 Å². The van der Waals surface area contributed by atoms with Crippen molar-refractivity contribution < 1.29 is 13.2 Å². The quantitative estimate of drug-likeness (QED) is 0.787. The lowest BCUT2D eigenvalue weighted by Crippen LogP contribution is -2.44. The SMILES string of the molecule is N#Cc1ccc(CS(=O)(=O)N2CCCCC2C=O)cc1. The van der Waals surface area contributed by atoms with Gasteiger partial charge in [-0.05, 0) is 30.5 Å². The molecule has 1 atom stereocenters. The van der Waals surface area contributed by atoms with Crippen molar-refractivity contribution in [1.82, 2.24) is 4.31 Å². The molecule has 0 spiro atoms. The molecule has 2 rings (SSSR count). The monoisotopic (exact) mass is 292 g/mol. The van der Waals surface area contributed by atoms with Crippen LogP contribution in [0.15, 0.2) is 24.3 Å². The van der Waals surface area contributed by atoms with E-state index in [9.17, 15) is 13.2 Å². The molecule has 0 N–H and O–H groups in total. The maximum atomic E-state index is 12.4. The number of rotatable bonds is 4. The molecule has 1 aromatic rings. The van der Waals surface area contributed by atoms with E-state index in [1.54, 1.807) is 24.3 Å². The van der Waals surface area contributed by atoms with Gasteiger partial charge in [-0.2, -0.15) is 9.57 Å². The molecule has 106 valence electrons. The highest BCUT2D eigenvalue weighted by atomic mass is 32.2. The lowest BCUT2D eigenvalue weighted by Gasteiger charge is -2.31. The number of nitriles is 1. The molecule has 1 fully saturated rings. The van der Waals surface area contributed by atoms with Crippen LogP contribution in [0.2, 0.25) is 0 Å². The summed E-state index contributed by atoms with van der Waals surface area (Å²) in [6.07, 6.45) is 2.98. The van der Waals surface area contributed by atoms with Gasteiger partial charge in [0.2, 0.25) is 10.0 Å². The molecular weight excluding hydrogens is 276 g/mol. The Kier molecular flexibility index (Phi) is 4.53. The molecule has 1 heterocycles. The number of carbonyl (C=O) groups excluding carboxylic acids is 1. The number of benzene rings is 1. The van der Waals surface area contributed by atoms with Crippen molar-refractivity contribution in [3.05, 3.63) is 35.4 Å². The third-order valence-electron chi connectivity index (χ3n) is 3.44. The second-order valence-corrected chi connectivity index (χ2v) is 6.80. The first-order valence-corrected chi connectivity index (χ1v) is 8.11. The normalized spacial score (nSPS) is 20.2. The summed E-state index contributed by atoms with van der Waals surface area (Å²) in [6.45, 7) is 0.405. The number of hydrogen-bond donors (Lipinski definition) is 0. The Morgan fingerprint density at radius 2 is 2.00 bits per heavy atom. The molecule has 0 radical (unpaired) electrons. The van der Waals surface area contributed by atoms with Crippen molar-refractivity contribution in [2.24, 2.45) is 0 Å². The van der Waals surface area contributed by atoms with Gasteiger partial charge in [0.05, 0.1) is 23.4 Å². The average Bonchev–Trinajstić information content (AvgIpc) is 2.47. The number of hydrogen-bond acceptors (Lipinski definition) is 4. The molecule has 0 aliphatic carbocycles. The topological polar surface area (TPSA) is 78.2 Å². The van der Waals surface area contributed by atoms with E-state index in [2.05, 4.69) is 0 Å². The van der Waals surface area contributed by atoms with Crippen molar-refractivity contribution in [2.45, 2.75) is 31.1 Å². The van der Waals surface area contributed by atoms with Crippen LogP contribution in [0.3, 0.4) is 0 Å². The fourth-order valence-corrected chi connectivity index (χ4v) is 4.14. The van der Waals surface area contributed by atoms with Gasteiger partial charge in [0.1, 0.15) is 6.29 Å². The highest BCUT2D eigenvalue weighted by molar-refractivity contribution is 7.88. The van der Waals surface area contributed by atoms with E-state index in [0.29, 0.717) is 24.1 Å². The Morgan fingerprint density at radius 1 is 1.30 bits per heavy atom. The van der Waals surface area contributed by atoms with Crippen LogP contribution >= 0.6 is 0 Å². The summed E-state index contributed by atoms with van der Waals surface area (Å²) in [4.78, 5) is 11.0. The largest absolute Gasteiger partial charge is 0.302 e. The van der Waals surface area contributed by atoms with Crippen molar-refractivity contribution in [3.63, 3.8) is 0 Å². The van der Waals surface area contributed by atoms with Gasteiger partial charge in [0.15, 0.2) is 0 Å². The molecular formula is C14H16N2O3S. The summed E-state index contributed by atoms with van der Waals surface area (Å²) in [7, 11) is -3.50. The summed E-state index contributed by atoms with van der Waals surface area (Å²) in [5, 5.41) is 8.72. The first-order chi connectivity index (χ1) is 9.56. The smallest absolute Gasteiger partial charge is 0.218 e. The summed E-state index contributed by atoms with van der Waals surface area (Å²) >= 11 is 0. The number of nitrogens with zero attached hydrogens (tertiary/aromatic N) is 2. The zero-order valence-corrected chi connectivity index (χ0v) is 11.8. The van der Waals surface area contributed by atoms with Crippen LogP contribution in [-0.2, 0) is 20.6 Å². The molecule has 1 saturated heterocycles. The van der Waals surface area contributed by atoms with Gasteiger partial charge in [-0.3, -0.25) is 0 Å². The van der Waals surface area contributed by atoms with E-state index in [1.807, 2.05) is 6.07 Å². The van der Waals surface area contributed by atoms with E-state index < -0.39 is 16.1 Å². The minimum atomic E-state index is -3.50.